The van der Waals surface area contributed by atoms with Crippen LogP contribution in [0.3, 0.4) is 0 Å². The highest BCUT2D eigenvalue weighted by molar-refractivity contribution is 7.89. The van der Waals surface area contributed by atoms with E-state index in [0.717, 1.165) is 11.1 Å². The molecule has 1 aromatic carbocycles. The minimum absolute atomic E-state index is 0.0377. The van der Waals surface area contributed by atoms with Gasteiger partial charge in [-0.2, -0.15) is 0 Å². The molecule has 0 aliphatic rings. The van der Waals surface area contributed by atoms with Crippen LogP contribution in [0.15, 0.2) is 23.1 Å². The molecule has 0 saturated carbocycles. The molecule has 5 heteroatoms. The van der Waals surface area contributed by atoms with E-state index in [-0.39, 0.29) is 17.4 Å². The molecular weight excluding hydrogens is 250 g/mol. The van der Waals surface area contributed by atoms with Crippen LogP contribution in [0.5, 0.6) is 0 Å². The van der Waals surface area contributed by atoms with Crippen molar-refractivity contribution in [1.82, 2.24) is 4.72 Å². The van der Waals surface area contributed by atoms with Gasteiger partial charge in [-0.3, -0.25) is 0 Å². The molecule has 18 heavy (non-hydrogen) atoms. The fourth-order valence-corrected chi connectivity index (χ4v) is 3.30. The quantitative estimate of drug-likeness (QED) is 0.855. The topological polar surface area (TPSA) is 66.4 Å². The first kappa shape index (κ1) is 15.1. The van der Waals surface area contributed by atoms with Gasteiger partial charge in [-0.25, -0.2) is 13.1 Å². The van der Waals surface area contributed by atoms with Crippen molar-refractivity contribution >= 4 is 10.0 Å². The molecule has 0 spiro atoms. The molecular formula is C13H21NO3S. The van der Waals surface area contributed by atoms with Crippen molar-refractivity contribution in [2.24, 2.45) is 5.92 Å². The van der Waals surface area contributed by atoms with Crippen molar-refractivity contribution in [2.45, 2.75) is 38.6 Å². The molecule has 102 valence electrons. The van der Waals surface area contributed by atoms with Crippen molar-refractivity contribution in [3.8, 4) is 0 Å². The molecule has 0 heterocycles. The number of aryl methyl sites for hydroxylation is 2. The molecule has 1 aromatic rings. The Labute approximate surface area is 109 Å². The van der Waals surface area contributed by atoms with Crippen molar-refractivity contribution in [3.05, 3.63) is 29.3 Å². The van der Waals surface area contributed by atoms with Gasteiger partial charge in [-0.05, 0) is 43.0 Å². The van der Waals surface area contributed by atoms with E-state index in [9.17, 15) is 13.5 Å². The van der Waals surface area contributed by atoms with Gasteiger partial charge in [0.05, 0.1) is 11.5 Å². The average molecular weight is 271 g/mol. The summed E-state index contributed by atoms with van der Waals surface area (Å²) >= 11 is 0. The van der Waals surface area contributed by atoms with Crippen LogP contribution in [0, 0.1) is 19.8 Å². The fourth-order valence-electron chi connectivity index (χ4n) is 1.74. The number of aliphatic hydroxyl groups is 1. The molecule has 0 saturated heterocycles. The zero-order valence-corrected chi connectivity index (χ0v) is 12.1. The first-order valence-corrected chi connectivity index (χ1v) is 7.46. The summed E-state index contributed by atoms with van der Waals surface area (Å²) in [5.74, 6) is 0.0377. The van der Waals surface area contributed by atoms with Crippen molar-refractivity contribution in [3.63, 3.8) is 0 Å². The highest BCUT2D eigenvalue weighted by Crippen LogP contribution is 2.15. The Hall–Kier alpha value is -0.910. The minimum Gasteiger partial charge on any atom is -0.395 e. The Balaban J connectivity index is 3.06. The van der Waals surface area contributed by atoms with Gasteiger partial charge in [0.25, 0.3) is 0 Å². The Morgan fingerprint density at radius 3 is 2.06 bits per heavy atom. The van der Waals surface area contributed by atoms with Crippen molar-refractivity contribution in [2.75, 3.05) is 6.61 Å². The lowest BCUT2D eigenvalue weighted by atomic mass is 10.1. The van der Waals surface area contributed by atoms with Crippen LogP contribution in [0.4, 0.5) is 0 Å². The van der Waals surface area contributed by atoms with E-state index >= 15 is 0 Å². The summed E-state index contributed by atoms with van der Waals surface area (Å²) in [5, 5.41) is 9.19. The van der Waals surface area contributed by atoms with Gasteiger partial charge in [0, 0.05) is 6.04 Å². The SMILES string of the molecule is Cc1cc(C)cc(S(=O)(=O)N[C@H](CO)C(C)C)c1. The Morgan fingerprint density at radius 2 is 1.67 bits per heavy atom. The summed E-state index contributed by atoms with van der Waals surface area (Å²) in [6.45, 7) is 7.24. The first-order chi connectivity index (χ1) is 8.26. The zero-order chi connectivity index (χ0) is 13.9. The Bertz CT molecular complexity index is 489. The van der Waals surface area contributed by atoms with E-state index in [1.54, 1.807) is 12.1 Å². The monoisotopic (exact) mass is 271 g/mol. The maximum atomic E-state index is 12.2. The van der Waals surface area contributed by atoms with E-state index in [2.05, 4.69) is 4.72 Å². The summed E-state index contributed by atoms with van der Waals surface area (Å²) in [5.41, 5.74) is 1.81. The molecule has 0 fully saturated rings. The van der Waals surface area contributed by atoms with E-state index in [4.69, 9.17) is 0 Å². The summed E-state index contributed by atoms with van der Waals surface area (Å²) < 4.78 is 26.9. The highest BCUT2D eigenvalue weighted by Gasteiger charge is 2.22. The number of nitrogens with one attached hydrogen (secondary N) is 1. The lowest BCUT2D eigenvalue weighted by Crippen LogP contribution is -2.41. The molecule has 0 radical (unpaired) electrons. The smallest absolute Gasteiger partial charge is 0.240 e. The molecule has 0 aliphatic carbocycles. The van der Waals surface area contributed by atoms with Crippen LogP contribution in [-0.2, 0) is 10.0 Å². The molecule has 4 nitrogen and oxygen atoms in total. The lowest BCUT2D eigenvalue weighted by Gasteiger charge is -2.20. The molecule has 0 bridgehead atoms. The van der Waals surface area contributed by atoms with Crippen LogP contribution in [0.2, 0.25) is 0 Å². The predicted octanol–water partition coefficient (Wildman–Crippen LogP) is 1.60. The summed E-state index contributed by atoms with van der Waals surface area (Å²) in [7, 11) is -3.57. The van der Waals surface area contributed by atoms with Crippen LogP contribution >= 0.6 is 0 Å². The van der Waals surface area contributed by atoms with Gasteiger partial charge in [0.2, 0.25) is 10.0 Å². The Morgan fingerprint density at radius 1 is 1.17 bits per heavy atom. The van der Waals surface area contributed by atoms with E-state index in [0.29, 0.717) is 0 Å². The first-order valence-electron chi connectivity index (χ1n) is 5.97. The molecule has 1 rings (SSSR count). The van der Waals surface area contributed by atoms with Crippen molar-refractivity contribution < 1.29 is 13.5 Å². The van der Waals surface area contributed by atoms with Gasteiger partial charge in [0.1, 0.15) is 0 Å². The number of sulfonamides is 1. The predicted molar refractivity (Wildman–Crippen MR) is 71.9 cm³/mol. The normalized spacial score (nSPS) is 13.9. The second-order valence-corrected chi connectivity index (χ2v) is 6.69. The number of hydrogen-bond acceptors (Lipinski definition) is 3. The number of aliphatic hydroxyl groups excluding tert-OH is 1. The van der Waals surface area contributed by atoms with Crippen LogP contribution in [-0.4, -0.2) is 26.2 Å². The molecule has 0 aliphatic heterocycles. The van der Waals surface area contributed by atoms with E-state index < -0.39 is 16.1 Å². The number of rotatable bonds is 5. The molecule has 0 aromatic heterocycles. The molecule has 2 N–H and O–H groups in total. The summed E-state index contributed by atoms with van der Waals surface area (Å²) in [4.78, 5) is 0.249. The number of hydrogen-bond donors (Lipinski definition) is 2. The lowest BCUT2D eigenvalue weighted by molar-refractivity contribution is 0.227. The zero-order valence-electron chi connectivity index (χ0n) is 11.3. The fraction of sp³-hybridized carbons (Fsp3) is 0.538. The van der Waals surface area contributed by atoms with Gasteiger partial charge < -0.3 is 5.11 Å². The van der Waals surface area contributed by atoms with Crippen LogP contribution in [0.1, 0.15) is 25.0 Å². The second kappa shape index (κ2) is 5.82. The van der Waals surface area contributed by atoms with Crippen LogP contribution in [0.25, 0.3) is 0 Å². The largest absolute Gasteiger partial charge is 0.395 e. The number of benzene rings is 1. The second-order valence-electron chi connectivity index (χ2n) is 4.98. The maximum Gasteiger partial charge on any atom is 0.240 e. The Kier molecular flexibility index (Phi) is 4.90. The summed E-state index contributed by atoms with van der Waals surface area (Å²) in [6, 6.07) is 4.72. The highest BCUT2D eigenvalue weighted by atomic mass is 32.2. The van der Waals surface area contributed by atoms with Gasteiger partial charge in [0.15, 0.2) is 0 Å². The van der Waals surface area contributed by atoms with Crippen molar-refractivity contribution in [1.29, 1.82) is 0 Å². The standard InChI is InChI=1S/C13H21NO3S/c1-9(2)13(8-15)14-18(16,17)12-6-10(3)5-11(4)7-12/h5-7,9,13-15H,8H2,1-4H3/t13-/m1/s1. The van der Waals surface area contributed by atoms with Gasteiger partial charge in [-0.15, -0.1) is 0 Å². The van der Waals surface area contributed by atoms with Gasteiger partial charge >= 0.3 is 0 Å². The van der Waals surface area contributed by atoms with E-state index in [1.165, 1.54) is 0 Å². The minimum atomic E-state index is -3.57. The third kappa shape index (κ3) is 3.80. The summed E-state index contributed by atoms with van der Waals surface area (Å²) in [6.07, 6.45) is 0. The maximum absolute atomic E-state index is 12.2. The third-order valence-corrected chi connectivity index (χ3v) is 4.28. The molecule has 0 unspecified atom stereocenters. The molecule has 1 atom stereocenters. The van der Waals surface area contributed by atoms with E-state index in [1.807, 2.05) is 33.8 Å². The molecule has 0 amide bonds. The van der Waals surface area contributed by atoms with Crippen LogP contribution < -0.4 is 4.72 Å². The third-order valence-electron chi connectivity index (χ3n) is 2.81. The van der Waals surface area contributed by atoms with Gasteiger partial charge in [-0.1, -0.05) is 19.9 Å². The average Bonchev–Trinajstić information content (AvgIpc) is 2.24.